The molecule has 0 unspecified atom stereocenters. The number of Topliss-reactive ketones (excluding diaryl/α,β-unsaturated/α-hetero) is 1. The maximum absolute atomic E-state index is 14.7. The lowest BCUT2D eigenvalue weighted by molar-refractivity contribution is -0.158. The lowest BCUT2D eigenvalue weighted by atomic mass is 9.83. The molecule has 2 aromatic carbocycles. The highest BCUT2D eigenvalue weighted by atomic mass is 16.7. The Morgan fingerprint density at radius 2 is 1.79 bits per heavy atom. The van der Waals surface area contributed by atoms with Crippen LogP contribution in [-0.4, -0.2) is 107 Å². The number of esters is 1. The highest BCUT2D eigenvalue weighted by Gasteiger charge is 2.50. The zero-order valence-corrected chi connectivity index (χ0v) is 37.3. The third kappa shape index (κ3) is 9.30. The predicted molar refractivity (Wildman–Crippen MR) is 235 cm³/mol. The van der Waals surface area contributed by atoms with Crippen molar-refractivity contribution in [3.63, 3.8) is 0 Å². The van der Waals surface area contributed by atoms with Crippen molar-refractivity contribution in [3.8, 4) is 28.7 Å². The Hall–Kier alpha value is -5.81. The quantitative estimate of drug-likeness (QED) is 0.0947. The van der Waals surface area contributed by atoms with Crippen molar-refractivity contribution < 1.29 is 57.8 Å². The SMILES string of the molecule is CCN(C)CCOc1ccc2nc3c4c5c6c(C)c(O)c4c(=O)c(c-3oc2c1)NC(=O)/C(C)=C\C=C\[C@H](C)[C@H](O)C[C@@H](O)[C@@H](C)[C@H](OC(C)=O)[C@H](C)[C@@H](OC)/C=C/O[C@@](C)(O6)C5=O. The summed E-state index contributed by atoms with van der Waals surface area (Å²) in [6, 6.07) is 4.99. The number of aromatic hydroxyl groups is 1. The maximum atomic E-state index is 14.7. The Morgan fingerprint density at radius 3 is 2.48 bits per heavy atom. The van der Waals surface area contributed by atoms with Crippen molar-refractivity contribution in [1.29, 1.82) is 0 Å². The molecule has 338 valence electrons. The van der Waals surface area contributed by atoms with E-state index in [4.69, 9.17) is 33.1 Å². The third-order valence-corrected chi connectivity index (χ3v) is 12.1. The number of nitrogens with zero attached hydrogens (tertiary/aromatic N) is 2. The topological polar surface area (TPSA) is 216 Å². The van der Waals surface area contributed by atoms with E-state index in [9.17, 15) is 34.5 Å². The number of fused-ring (bicyclic) bond motifs is 14. The molecule has 7 rings (SSSR count). The van der Waals surface area contributed by atoms with Crippen molar-refractivity contribution in [2.45, 2.75) is 92.0 Å². The zero-order chi connectivity index (χ0) is 46.1. The van der Waals surface area contributed by atoms with E-state index < -0.39 is 76.8 Å². The molecule has 5 bridgehead atoms. The molecule has 8 atom stereocenters. The molecular formula is C47H57N3O13. The summed E-state index contributed by atoms with van der Waals surface area (Å²) in [5, 5.41) is 36.5. The summed E-state index contributed by atoms with van der Waals surface area (Å²) in [7, 11) is 3.41. The van der Waals surface area contributed by atoms with Crippen molar-refractivity contribution in [2.75, 3.05) is 39.2 Å². The van der Waals surface area contributed by atoms with E-state index in [0.717, 1.165) is 6.54 Å². The molecule has 63 heavy (non-hydrogen) atoms. The van der Waals surface area contributed by atoms with Crippen LogP contribution >= 0.6 is 0 Å². The van der Waals surface area contributed by atoms with Crippen LogP contribution in [0.15, 0.2) is 63.6 Å². The molecule has 0 saturated carbocycles. The number of anilines is 1. The number of phenols is 1. The first-order valence-corrected chi connectivity index (χ1v) is 21.0. The summed E-state index contributed by atoms with van der Waals surface area (Å²) in [4.78, 5) is 62.5. The van der Waals surface area contributed by atoms with E-state index >= 15 is 0 Å². The van der Waals surface area contributed by atoms with Crippen LogP contribution in [0.2, 0.25) is 0 Å². The second kappa shape index (κ2) is 18.9. The van der Waals surface area contributed by atoms with Gasteiger partial charge in [0.25, 0.3) is 11.7 Å². The summed E-state index contributed by atoms with van der Waals surface area (Å²) >= 11 is 0. The number of rotatable bonds is 7. The van der Waals surface area contributed by atoms with Crippen LogP contribution < -0.4 is 20.2 Å². The Bertz CT molecular complexity index is 2530. The second-order valence-corrected chi connectivity index (χ2v) is 16.6. The number of amides is 1. The van der Waals surface area contributed by atoms with Gasteiger partial charge in [0.05, 0.1) is 35.5 Å². The fraction of sp³-hybridized carbons (Fsp3) is 0.468. The molecule has 5 aliphatic rings. The summed E-state index contributed by atoms with van der Waals surface area (Å²) in [6.07, 6.45) is 3.59. The highest BCUT2D eigenvalue weighted by Crippen LogP contribution is 2.50. The maximum Gasteiger partial charge on any atom is 0.312 e. The van der Waals surface area contributed by atoms with Gasteiger partial charge in [0, 0.05) is 74.3 Å². The minimum absolute atomic E-state index is 0.0196. The molecule has 4 aliphatic heterocycles. The van der Waals surface area contributed by atoms with Gasteiger partial charge in [-0.15, -0.1) is 0 Å². The van der Waals surface area contributed by atoms with E-state index in [1.54, 1.807) is 51.1 Å². The Kier molecular flexibility index (Phi) is 14.0. The monoisotopic (exact) mass is 871 g/mol. The molecule has 16 heteroatoms. The van der Waals surface area contributed by atoms with Crippen LogP contribution in [0.3, 0.4) is 0 Å². The predicted octanol–water partition coefficient (Wildman–Crippen LogP) is 6.03. The van der Waals surface area contributed by atoms with E-state index in [0.29, 0.717) is 24.4 Å². The number of carbonyl (C=O) groups is 3. The van der Waals surface area contributed by atoms with Crippen LogP contribution in [0.5, 0.6) is 17.2 Å². The Labute approximate surface area is 365 Å². The average molecular weight is 872 g/mol. The van der Waals surface area contributed by atoms with Gasteiger partial charge in [-0.05, 0) is 45.6 Å². The number of likely N-dealkylation sites (N-methyl/N-ethyl adjacent to an activating group) is 1. The number of hydrogen-bond acceptors (Lipinski definition) is 15. The third-order valence-electron chi connectivity index (χ3n) is 12.1. The molecule has 2 aromatic rings. The van der Waals surface area contributed by atoms with Crippen molar-refractivity contribution in [3.05, 3.63) is 75.7 Å². The summed E-state index contributed by atoms with van der Waals surface area (Å²) < 4.78 is 36.2. The van der Waals surface area contributed by atoms with Gasteiger partial charge in [0.15, 0.2) is 11.3 Å². The van der Waals surface area contributed by atoms with Gasteiger partial charge in [-0.2, -0.15) is 0 Å². The summed E-state index contributed by atoms with van der Waals surface area (Å²) in [6.45, 7) is 14.8. The molecule has 0 aromatic heterocycles. The van der Waals surface area contributed by atoms with Gasteiger partial charge in [-0.3, -0.25) is 19.2 Å². The minimum Gasteiger partial charge on any atom is -0.507 e. The highest BCUT2D eigenvalue weighted by molar-refractivity contribution is 6.22. The van der Waals surface area contributed by atoms with Gasteiger partial charge in [0.2, 0.25) is 5.43 Å². The minimum atomic E-state index is -2.03. The van der Waals surface area contributed by atoms with Gasteiger partial charge in [-0.1, -0.05) is 45.9 Å². The molecule has 4 N–H and O–H groups in total. The van der Waals surface area contributed by atoms with E-state index in [1.165, 1.54) is 53.2 Å². The van der Waals surface area contributed by atoms with Crippen molar-refractivity contribution in [2.24, 2.45) is 17.8 Å². The second-order valence-electron chi connectivity index (χ2n) is 16.6. The number of phenolic OH excluding ortho intramolecular Hbond substituents is 1. The Morgan fingerprint density at radius 1 is 1.06 bits per heavy atom. The number of allylic oxidation sites excluding steroid dienone is 2. The van der Waals surface area contributed by atoms with Gasteiger partial charge < -0.3 is 53.6 Å². The van der Waals surface area contributed by atoms with Crippen LogP contribution in [-0.2, 0) is 23.8 Å². The molecule has 0 spiro atoms. The summed E-state index contributed by atoms with van der Waals surface area (Å²) in [5.41, 5.74) is -0.547. The van der Waals surface area contributed by atoms with E-state index in [2.05, 4.69) is 10.2 Å². The number of benzene rings is 3. The lowest BCUT2D eigenvalue weighted by Gasteiger charge is -2.35. The number of aromatic nitrogens is 1. The van der Waals surface area contributed by atoms with Crippen LogP contribution in [0.25, 0.3) is 33.3 Å². The Balaban J connectivity index is 1.56. The molecule has 0 radical (unpaired) electrons. The first-order chi connectivity index (χ1) is 29.8. The standard InChI is InChI=1S/C47H57N3O13/c1-11-50(9)18-20-59-29-15-16-30-34(21-29)62-44-38(48-30)35-36-40(54)27(6)43-37(35)45(56)47(8,63-43)60-19-17-33(58-10)26(5)42(61-28(7)51)25(4)32(53)22-31(52)23(2)13-12-14-24(3)46(57)49-39(44)41(36)55/h12-17,19,21,23,25-26,31-33,42,52-54H,11,18,20,22H2,1-10H3,(H,49,57)/b13-12+,19-17+,24-14-/t23-,25+,26+,31+,32+,33-,42-,47-/m0/s1. The molecular weight excluding hydrogens is 815 g/mol. The fourth-order valence-corrected chi connectivity index (χ4v) is 7.91. The number of nitrogens with one attached hydrogen (secondary N) is 1. The number of methoxy groups -OCH3 is 1. The number of hydrogen-bond donors (Lipinski definition) is 4. The number of aliphatic hydroxyl groups is 2. The van der Waals surface area contributed by atoms with Gasteiger partial charge >= 0.3 is 11.8 Å². The molecule has 4 heterocycles. The lowest BCUT2D eigenvalue weighted by Crippen LogP contribution is -2.43. The van der Waals surface area contributed by atoms with Gasteiger partial charge in [0.1, 0.15) is 46.9 Å². The number of aliphatic hydroxyl groups excluding tert-OH is 2. The van der Waals surface area contributed by atoms with E-state index in [-0.39, 0.29) is 62.4 Å². The zero-order valence-electron chi connectivity index (χ0n) is 37.3. The molecule has 0 fully saturated rings. The van der Waals surface area contributed by atoms with Crippen LogP contribution in [0.1, 0.15) is 70.8 Å². The number of ether oxygens (including phenoxy) is 5. The normalized spacial score (nSPS) is 27.8. The largest absolute Gasteiger partial charge is 0.507 e. The first-order valence-electron chi connectivity index (χ1n) is 21.0. The first kappa shape index (κ1) is 46.7. The molecule has 0 saturated heterocycles. The molecule has 1 amide bonds. The number of carbonyl (C=O) groups excluding carboxylic acids is 3. The summed E-state index contributed by atoms with van der Waals surface area (Å²) in [5.74, 6) is -6.02. The molecule has 1 aliphatic carbocycles. The fourth-order valence-electron chi connectivity index (χ4n) is 7.91. The van der Waals surface area contributed by atoms with Crippen LogP contribution in [0.4, 0.5) is 5.69 Å². The van der Waals surface area contributed by atoms with Gasteiger partial charge in [-0.25, -0.2) is 4.98 Å². The smallest absolute Gasteiger partial charge is 0.312 e. The number of ketones is 1. The van der Waals surface area contributed by atoms with Crippen molar-refractivity contribution >= 4 is 45.2 Å². The molecule has 16 nitrogen and oxygen atoms in total. The van der Waals surface area contributed by atoms with Crippen LogP contribution in [0, 0.1) is 24.7 Å². The average Bonchev–Trinajstić information content (AvgIpc) is 3.51. The van der Waals surface area contributed by atoms with Crippen molar-refractivity contribution in [1.82, 2.24) is 9.88 Å². The van der Waals surface area contributed by atoms with E-state index in [1.807, 2.05) is 14.0 Å².